The van der Waals surface area contributed by atoms with Crippen LogP contribution < -0.4 is 14.8 Å². The number of fused-ring (bicyclic) bond motifs is 1. The third-order valence-corrected chi connectivity index (χ3v) is 4.08. The minimum atomic E-state index is -0.592. The van der Waals surface area contributed by atoms with Gasteiger partial charge in [-0.2, -0.15) is 0 Å². The number of nitrogens with zero attached hydrogens (tertiary/aromatic N) is 2. The maximum Gasteiger partial charge on any atom is 0.376 e. The molecule has 3 aromatic rings. The van der Waals surface area contributed by atoms with Crippen molar-refractivity contribution in [1.29, 1.82) is 0 Å². The number of hydrogen-bond acceptors (Lipinski definition) is 7. The van der Waals surface area contributed by atoms with Crippen molar-refractivity contribution < 1.29 is 19.0 Å². The Morgan fingerprint density at radius 1 is 1.11 bits per heavy atom. The average molecular weight is 388 g/mol. The molecule has 0 saturated carbocycles. The van der Waals surface area contributed by atoms with E-state index in [2.05, 4.69) is 15.3 Å². The minimum absolute atomic E-state index is 0.0309. The molecule has 0 spiro atoms. The molecule has 1 aromatic heterocycles. The molecule has 0 aliphatic rings. The number of halogens is 1. The molecule has 8 heteroatoms. The molecule has 140 valence electrons. The van der Waals surface area contributed by atoms with Gasteiger partial charge in [-0.05, 0) is 25.1 Å². The summed E-state index contributed by atoms with van der Waals surface area (Å²) in [6.07, 6.45) is 0. The molecule has 1 N–H and O–H groups in total. The summed E-state index contributed by atoms with van der Waals surface area (Å²) in [5.74, 6) is 0.807. The molecule has 2 aromatic carbocycles. The molecule has 7 nitrogen and oxygen atoms in total. The van der Waals surface area contributed by atoms with Crippen LogP contribution in [0.5, 0.6) is 11.5 Å². The zero-order valence-electron chi connectivity index (χ0n) is 15.1. The summed E-state index contributed by atoms with van der Waals surface area (Å²) in [6, 6.07) is 10.7. The Morgan fingerprint density at radius 2 is 1.85 bits per heavy atom. The van der Waals surface area contributed by atoms with Gasteiger partial charge in [-0.1, -0.05) is 23.7 Å². The van der Waals surface area contributed by atoms with Crippen LogP contribution in [0.1, 0.15) is 17.5 Å². The topological polar surface area (TPSA) is 82.6 Å². The van der Waals surface area contributed by atoms with E-state index in [4.69, 9.17) is 25.8 Å². The van der Waals surface area contributed by atoms with Crippen molar-refractivity contribution in [3.8, 4) is 11.5 Å². The van der Waals surface area contributed by atoms with E-state index in [1.807, 2.05) is 18.2 Å². The summed E-state index contributed by atoms with van der Waals surface area (Å²) in [5.41, 5.74) is 1.18. The van der Waals surface area contributed by atoms with Gasteiger partial charge in [0.15, 0.2) is 0 Å². The van der Waals surface area contributed by atoms with Crippen molar-refractivity contribution in [2.75, 3.05) is 26.1 Å². The molecule has 0 unspecified atom stereocenters. The normalized spacial score (nSPS) is 10.5. The molecule has 0 aliphatic carbocycles. The van der Waals surface area contributed by atoms with Crippen LogP contribution in [0.2, 0.25) is 5.02 Å². The zero-order chi connectivity index (χ0) is 19.4. The van der Waals surface area contributed by atoms with Crippen molar-refractivity contribution in [2.24, 2.45) is 0 Å². The predicted octanol–water partition coefficient (Wildman–Crippen LogP) is 4.22. The number of carbonyl (C=O) groups is 1. The largest absolute Gasteiger partial charge is 0.495 e. The van der Waals surface area contributed by atoms with Gasteiger partial charge in [0.25, 0.3) is 0 Å². The van der Waals surface area contributed by atoms with Crippen LogP contribution in [-0.4, -0.2) is 36.8 Å². The summed E-state index contributed by atoms with van der Waals surface area (Å²) in [5, 5.41) is 4.31. The fourth-order valence-electron chi connectivity index (χ4n) is 2.54. The van der Waals surface area contributed by atoms with E-state index in [0.717, 1.165) is 5.39 Å². The molecular weight excluding hydrogens is 370 g/mol. The van der Waals surface area contributed by atoms with Gasteiger partial charge in [0.2, 0.25) is 5.82 Å². The van der Waals surface area contributed by atoms with Crippen molar-refractivity contribution in [1.82, 2.24) is 9.97 Å². The number of benzene rings is 2. The number of esters is 1. The first-order chi connectivity index (χ1) is 13.1. The number of para-hydroxylation sites is 1. The van der Waals surface area contributed by atoms with Gasteiger partial charge in [0.1, 0.15) is 17.3 Å². The smallest absolute Gasteiger partial charge is 0.376 e. The van der Waals surface area contributed by atoms with Crippen LogP contribution in [0.15, 0.2) is 36.4 Å². The summed E-state index contributed by atoms with van der Waals surface area (Å²) in [4.78, 5) is 20.7. The Bertz CT molecular complexity index is 994. The highest BCUT2D eigenvalue weighted by molar-refractivity contribution is 6.32. The number of anilines is 2. The van der Waals surface area contributed by atoms with Crippen LogP contribution in [0.4, 0.5) is 11.5 Å². The molecule has 0 fully saturated rings. The van der Waals surface area contributed by atoms with Crippen molar-refractivity contribution in [2.45, 2.75) is 6.92 Å². The summed E-state index contributed by atoms with van der Waals surface area (Å²) in [7, 11) is 3.06. The van der Waals surface area contributed by atoms with Crippen LogP contribution in [0, 0.1) is 0 Å². The maximum atomic E-state index is 12.1. The first kappa shape index (κ1) is 18.7. The van der Waals surface area contributed by atoms with E-state index in [0.29, 0.717) is 33.5 Å². The van der Waals surface area contributed by atoms with Gasteiger partial charge in [0, 0.05) is 11.5 Å². The highest BCUT2D eigenvalue weighted by atomic mass is 35.5. The highest BCUT2D eigenvalue weighted by Gasteiger charge is 2.17. The van der Waals surface area contributed by atoms with Gasteiger partial charge in [0.05, 0.1) is 37.1 Å². The molecule has 27 heavy (non-hydrogen) atoms. The fourth-order valence-corrected chi connectivity index (χ4v) is 2.78. The van der Waals surface area contributed by atoms with Gasteiger partial charge in [-0.15, -0.1) is 0 Å². The fraction of sp³-hybridized carbons (Fsp3) is 0.211. The van der Waals surface area contributed by atoms with E-state index < -0.39 is 5.97 Å². The van der Waals surface area contributed by atoms with Crippen molar-refractivity contribution in [3.05, 3.63) is 47.2 Å². The number of rotatable bonds is 6. The van der Waals surface area contributed by atoms with E-state index in [1.54, 1.807) is 25.1 Å². The van der Waals surface area contributed by atoms with E-state index in [1.165, 1.54) is 14.2 Å². The second kappa shape index (κ2) is 8.09. The van der Waals surface area contributed by atoms with Gasteiger partial charge in [-0.25, -0.2) is 14.8 Å². The van der Waals surface area contributed by atoms with E-state index >= 15 is 0 Å². The standard InChI is InChI=1S/C19H18ClN3O4/c1-4-27-19(24)18-21-13-8-6-5-7-11(13)17(23-18)22-14-9-12(20)15(25-2)10-16(14)26-3/h5-10H,4H2,1-3H3,(H,21,22,23). The average Bonchev–Trinajstić information content (AvgIpc) is 2.68. The van der Waals surface area contributed by atoms with Crippen molar-refractivity contribution in [3.63, 3.8) is 0 Å². The third kappa shape index (κ3) is 3.88. The van der Waals surface area contributed by atoms with Crippen molar-refractivity contribution >= 4 is 40.0 Å². The Hall–Kier alpha value is -3.06. The summed E-state index contributed by atoms with van der Waals surface area (Å²) < 4.78 is 15.6. The SMILES string of the molecule is CCOC(=O)c1nc(Nc2cc(Cl)c(OC)cc2OC)c2ccccc2n1. The minimum Gasteiger partial charge on any atom is -0.495 e. The van der Waals surface area contributed by atoms with Gasteiger partial charge in [-0.3, -0.25) is 0 Å². The first-order valence-corrected chi connectivity index (χ1v) is 8.57. The van der Waals surface area contributed by atoms with Crippen LogP contribution in [-0.2, 0) is 4.74 Å². The van der Waals surface area contributed by atoms with E-state index in [-0.39, 0.29) is 12.4 Å². The third-order valence-electron chi connectivity index (χ3n) is 3.79. The molecule has 0 aliphatic heterocycles. The van der Waals surface area contributed by atoms with Crippen LogP contribution in [0.25, 0.3) is 10.9 Å². The number of carbonyl (C=O) groups excluding carboxylic acids is 1. The lowest BCUT2D eigenvalue weighted by Crippen LogP contribution is -2.11. The number of aromatic nitrogens is 2. The lowest BCUT2D eigenvalue weighted by Gasteiger charge is -2.15. The quantitative estimate of drug-likeness (QED) is 0.634. The number of hydrogen-bond donors (Lipinski definition) is 1. The lowest BCUT2D eigenvalue weighted by molar-refractivity contribution is 0.0512. The monoisotopic (exact) mass is 387 g/mol. The second-order valence-electron chi connectivity index (χ2n) is 5.45. The predicted molar refractivity (Wildman–Crippen MR) is 103 cm³/mol. The van der Waals surface area contributed by atoms with Crippen LogP contribution >= 0.6 is 11.6 Å². The lowest BCUT2D eigenvalue weighted by atomic mass is 10.2. The molecule has 0 radical (unpaired) electrons. The molecule has 3 rings (SSSR count). The second-order valence-corrected chi connectivity index (χ2v) is 5.85. The Balaban J connectivity index is 2.11. The summed E-state index contributed by atoms with van der Waals surface area (Å²) in [6.45, 7) is 1.96. The molecule has 0 amide bonds. The Morgan fingerprint density at radius 3 is 2.56 bits per heavy atom. The zero-order valence-corrected chi connectivity index (χ0v) is 15.8. The number of nitrogens with one attached hydrogen (secondary N) is 1. The van der Waals surface area contributed by atoms with Gasteiger partial charge < -0.3 is 19.5 Å². The highest BCUT2D eigenvalue weighted by Crippen LogP contribution is 2.38. The first-order valence-electron chi connectivity index (χ1n) is 8.19. The van der Waals surface area contributed by atoms with Gasteiger partial charge >= 0.3 is 5.97 Å². The molecule has 1 heterocycles. The number of methoxy groups -OCH3 is 2. The number of ether oxygens (including phenoxy) is 3. The molecule has 0 atom stereocenters. The molecule has 0 bridgehead atoms. The Labute approximate surface area is 161 Å². The Kier molecular flexibility index (Phi) is 5.61. The molecular formula is C19H18ClN3O4. The molecule has 0 saturated heterocycles. The van der Waals surface area contributed by atoms with E-state index in [9.17, 15) is 4.79 Å². The maximum absolute atomic E-state index is 12.1. The summed E-state index contributed by atoms with van der Waals surface area (Å²) >= 11 is 6.24. The van der Waals surface area contributed by atoms with Crippen LogP contribution in [0.3, 0.4) is 0 Å².